The zero-order valence-electron chi connectivity index (χ0n) is 12.7. The highest BCUT2D eigenvalue weighted by Crippen LogP contribution is 2.22. The summed E-state index contributed by atoms with van der Waals surface area (Å²) >= 11 is 0. The van der Waals surface area contributed by atoms with Crippen molar-refractivity contribution >= 4 is 17.5 Å². The fourth-order valence-corrected chi connectivity index (χ4v) is 2.59. The Labute approximate surface area is 136 Å². The summed E-state index contributed by atoms with van der Waals surface area (Å²) in [5.41, 5.74) is -0.0183. The molecule has 1 aliphatic carbocycles. The quantitative estimate of drug-likeness (QED) is 0.841. The van der Waals surface area contributed by atoms with Crippen molar-refractivity contribution in [3.05, 3.63) is 47.5 Å². The first-order valence-electron chi connectivity index (χ1n) is 7.58. The van der Waals surface area contributed by atoms with E-state index in [1.165, 1.54) is 12.4 Å². The van der Waals surface area contributed by atoms with Gasteiger partial charge in [-0.15, -0.1) is 0 Å². The van der Waals surface area contributed by atoms with Gasteiger partial charge in [0.25, 0.3) is 5.91 Å². The zero-order valence-corrected chi connectivity index (χ0v) is 12.7. The molecule has 1 heterocycles. The molecule has 0 bridgehead atoms. The first-order chi connectivity index (χ1) is 11.5. The molecule has 0 spiro atoms. The van der Waals surface area contributed by atoms with E-state index in [4.69, 9.17) is 0 Å². The van der Waals surface area contributed by atoms with Gasteiger partial charge in [0.05, 0.1) is 11.3 Å². The summed E-state index contributed by atoms with van der Waals surface area (Å²) in [6.07, 6.45) is 6.70. The Bertz CT molecular complexity index is 746. The van der Waals surface area contributed by atoms with Crippen molar-refractivity contribution in [3.8, 4) is 0 Å². The van der Waals surface area contributed by atoms with Crippen molar-refractivity contribution < 1.29 is 18.0 Å². The van der Waals surface area contributed by atoms with Crippen molar-refractivity contribution in [1.82, 2.24) is 15.3 Å². The molecule has 126 valence electrons. The van der Waals surface area contributed by atoms with Crippen molar-refractivity contribution in [3.63, 3.8) is 0 Å². The Balaban J connectivity index is 1.68. The third-order valence-corrected chi connectivity index (χ3v) is 3.89. The second kappa shape index (κ2) is 6.86. The van der Waals surface area contributed by atoms with Gasteiger partial charge in [-0.2, -0.15) is 0 Å². The van der Waals surface area contributed by atoms with Crippen molar-refractivity contribution in [2.75, 3.05) is 5.32 Å². The minimum atomic E-state index is -1.58. The van der Waals surface area contributed by atoms with E-state index < -0.39 is 17.5 Å². The Morgan fingerprint density at radius 3 is 2.38 bits per heavy atom. The summed E-state index contributed by atoms with van der Waals surface area (Å²) in [5.74, 6) is -4.52. The molecule has 2 aromatic rings. The summed E-state index contributed by atoms with van der Waals surface area (Å²) in [4.78, 5) is 19.8. The molecule has 5 nitrogen and oxygen atoms in total. The number of anilines is 2. The summed E-state index contributed by atoms with van der Waals surface area (Å²) in [6.45, 7) is 0. The molecule has 1 saturated carbocycles. The maximum atomic E-state index is 13.6. The fourth-order valence-electron chi connectivity index (χ4n) is 2.59. The Kier molecular flexibility index (Phi) is 4.64. The molecular formula is C16H15F3N4O. The first-order valence-corrected chi connectivity index (χ1v) is 7.58. The highest BCUT2D eigenvalue weighted by atomic mass is 19.2. The van der Waals surface area contributed by atoms with Crippen molar-refractivity contribution in [2.24, 2.45) is 0 Å². The van der Waals surface area contributed by atoms with Crippen LogP contribution in [-0.2, 0) is 0 Å². The standard InChI is InChI=1S/C16H15F3N4O/c17-11-5-6-12(14(19)13(11)18)23-16-20-7-9(8-21-16)15(24)22-10-3-1-2-4-10/h5-8,10H,1-4H2,(H,22,24)(H,20,21,23). The minimum Gasteiger partial charge on any atom is -0.349 e. The lowest BCUT2D eigenvalue weighted by atomic mass is 10.2. The van der Waals surface area contributed by atoms with Crippen LogP contribution in [0, 0.1) is 17.5 Å². The average molecular weight is 336 g/mol. The van der Waals surface area contributed by atoms with E-state index in [1.807, 2.05) is 0 Å². The van der Waals surface area contributed by atoms with Gasteiger partial charge in [0.15, 0.2) is 17.5 Å². The van der Waals surface area contributed by atoms with E-state index in [2.05, 4.69) is 20.6 Å². The van der Waals surface area contributed by atoms with Crippen molar-refractivity contribution in [2.45, 2.75) is 31.7 Å². The van der Waals surface area contributed by atoms with E-state index >= 15 is 0 Å². The van der Waals surface area contributed by atoms with Crippen LogP contribution in [0.1, 0.15) is 36.0 Å². The largest absolute Gasteiger partial charge is 0.349 e. The molecule has 1 aromatic carbocycles. The Hall–Kier alpha value is -2.64. The molecule has 0 radical (unpaired) electrons. The normalized spacial score (nSPS) is 14.6. The van der Waals surface area contributed by atoms with Gasteiger partial charge in [0.1, 0.15) is 0 Å². The summed E-state index contributed by atoms with van der Waals surface area (Å²) in [7, 11) is 0. The fraction of sp³-hybridized carbons (Fsp3) is 0.312. The maximum Gasteiger partial charge on any atom is 0.254 e. The monoisotopic (exact) mass is 336 g/mol. The van der Waals surface area contributed by atoms with Crippen LogP contribution in [0.3, 0.4) is 0 Å². The number of nitrogens with zero attached hydrogens (tertiary/aromatic N) is 2. The van der Waals surface area contributed by atoms with E-state index in [-0.39, 0.29) is 29.1 Å². The lowest BCUT2D eigenvalue weighted by Crippen LogP contribution is -2.32. The third-order valence-electron chi connectivity index (χ3n) is 3.89. The molecule has 2 N–H and O–H groups in total. The van der Waals surface area contributed by atoms with E-state index in [1.54, 1.807) is 0 Å². The van der Waals surface area contributed by atoms with Crippen LogP contribution in [-0.4, -0.2) is 21.9 Å². The highest BCUT2D eigenvalue weighted by Gasteiger charge is 2.18. The Morgan fingerprint density at radius 2 is 1.71 bits per heavy atom. The number of carbonyl (C=O) groups excluding carboxylic acids is 1. The van der Waals surface area contributed by atoms with Crippen LogP contribution >= 0.6 is 0 Å². The van der Waals surface area contributed by atoms with Gasteiger partial charge in [-0.3, -0.25) is 4.79 Å². The maximum absolute atomic E-state index is 13.6. The smallest absolute Gasteiger partial charge is 0.254 e. The summed E-state index contributed by atoms with van der Waals surface area (Å²) in [6, 6.07) is 2.01. The molecule has 24 heavy (non-hydrogen) atoms. The minimum absolute atomic E-state index is 0.0303. The van der Waals surface area contributed by atoms with Gasteiger partial charge in [0, 0.05) is 18.4 Å². The Morgan fingerprint density at radius 1 is 1.04 bits per heavy atom. The number of aromatic nitrogens is 2. The van der Waals surface area contributed by atoms with Gasteiger partial charge >= 0.3 is 0 Å². The molecule has 1 amide bonds. The van der Waals surface area contributed by atoms with Gasteiger partial charge in [-0.05, 0) is 25.0 Å². The number of amides is 1. The SMILES string of the molecule is O=C(NC1CCCC1)c1cnc(Nc2ccc(F)c(F)c2F)nc1. The molecule has 8 heteroatoms. The average Bonchev–Trinajstić information content (AvgIpc) is 3.09. The lowest BCUT2D eigenvalue weighted by Gasteiger charge is -2.11. The molecule has 0 atom stereocenters. The van der Waals surface area contributed by atoms with Crippen LogP contribution in [0.5, 0.6) is 0 Å². The van der Waals surface area contributed by atoms with Crippen LogP contribution in [0.25, 0.3) is 0 Å². The molecule has 1 aromatic heterocycles. The van der Waals surface area contributed by atoms with E-state index in [9.17, 15) is 18.0 Å². The number of hydrogen-bond acceptors (Lipinski definition) is 4. The molecule has 3 rings (SSSR count). The highest BCUT2D eigenvalue weighted by molar-refractivity contribution is 5.93. The van der Waals surface area contributed by atoms with Crippen LogP contribution in [0.15, 0.2) is 24.5 Å². The van der Waals surface area contributed by atoms with E-state index in [0.717, 1.165) is 37.8 Å². The second-order valence-corrected chi connectivity index (χ2v) is 5.60. The zero-order chi connectivity index (χ0) is 17.1. The molecule has 0 aliphatic heterocycles. The number of hydrogen-bond donors (Lipinski definition) is 2. The topological polar surface area (TPSA) is 66.9 Å². The summed E-state index contributed by atoms with van der Waals surface area (Å²) in [5, 5.41) is 5.34. The number of halogens is 3. The van der Waals surface area contributed by atoms with Gasteiger partial charge in [-0.1, -0.05) is 12.8 Å². The number of nitrogens with one attached hydrogen (secondary N) is 2. The van der Waals surface area contributed by atoms with E-state index in [0.29, 0.717) is 0 Å². The van der Waals surface area contributed by atoms with Crippen LogP contribution in [0.4, 0.5) is 24.8 Å². The third kappa shape index (κ3) is 3.47. The molecule has 0 saturated heterocycles. The molecular weight excluding hydrogens is 321 g/mol. The lowest BCUT2D eigenvalue weighted by molar-refractivity contribution is 0.0937. The van der Waals surface area contributed by atoms with Gasteiger partial charge < -0.3 is 10.6 Å². The van der Waals surface area contributed by atoms with Crippen LogP contribution < -0.4 is 10.6 Å². The summed E-state index contributed by atoms with van der Waals surface area (Å²) < 4.78 is 39.6. The predicted octanol–water partition coefficient (Wildman–Crippen LogP) is 3.31. The number of benzene rings is 1. The second-order valence-electron chi connectivity index (χ2n) is 5.60. The molecule has 1 aliphatic rings. The molecule has 1 fully saturated rings. The predicted molar refractivity (Wildman–Crippen MR) is 81.4 cm³/mol. The number of rotatable bonds is 4. The molecule has 0 unspecified atom stereocenters. The van der Waals surface area contributed by atoms with Gasteiger partial charge in [-0.25, -0.2) is 23.1 Å². The van der Waals surface area contributed by atoms with Crippen LogP contribution in [0.2, 0.25) is 0 Å². The number of carbonyl (C=O) groups is 1. The van der Waals surface area contributed by atoms with Gasteiger partial charge in [0.2, 0.25) is 5.95 Å². The first kappa shape index (κ1) is 16.2. The van der Waals surface area contributed by atoms with Crippen molar-refractivity contribution in [1.29, 1.82) is 0 Å².